The number of nitrogens with zero attached hydrogens (tertiary/aromatic N) is 2. The molecule has 1 aromatic heterocycles. The van der Waals surface area contributed by atoms with E-state index in [1.807, 2.05) is 24.3 Å². The number of fused-ring (bicyclic) bond motifs is 1. The van der Waals surface area contributed by atoms with E-state index in [0.717, 1.165) is 26.4 Å². The van der Waals surface area contributed by atoms with Crippen molar-refractivity contribution in [2.45, 2.75) is 45.7 Å². The second-order valence-corrected chi connectivity index (χ2v) is 7.59. The lowest BCUT2D eigenvalue weighted by Crippen LogP contribution is -2.37. The third kappa shape index (κ3) is 5.81. The summed E-state index contributed by atoms with van der Waals surface area (Å²) in [6, 6.07) is 18.3. The van der Waals surface area contributed by atoms with E-state index in [1.54, 1.807) is 0 Å². The van der Waals surface area contributed by atoms with Gasteiger partial charge in [0.15, 0.2) is 5.69 Å². The third-order valence-corrected chi connectivity index (χ3v) is 5.29. The van der Waals surface area contributed by atoms with Crippen LogP contribution < -0.4 is 4.57 Å². The van der Waals surface area contributed by atoms with E-state index in [-0.39, 0.29) is 5.97 Å². The molecule has 0 radical (unpaired) electrons. The first-order valence-electron chi connectivity index (χ1n) is 10.5. The molecule has 1 N–H and O–H groups in total. The molecule has 0 saturated carbocycles. The van der Waals surface area contributed by atoms with Crippen molar-refractivity contribution < 1.29 is 24.0 Å². The molecule has 0 saturated heterocycles. The van der Waals surface area contributed by atoms with Gasteiger partial charge in [-0.05, 0) is 37.0 Å². The molecule has 4 rings (SSSR count). The molecule has 0 fully saturated rings. The first-order chi connectivity index (χ1) is 15.0. The minimum Gasteiger partial charge on any atom is -0.481 e. The van der Waals surface area contributed by atoms with Crippen LogP contribution in [0.25, 0.3) is 11.3 Å². The highest BCUT2D eigenvalue weighted by molar-refractivity contribution is 5.89. The van der Waals surface area contributed by atoms with Gasteiger partial charge in [-0.15, -0.1) is 0 Å². The number of esters is 1. The summed E-state index contributed by atoms with van der Waals surface area (Å²) in [6.45, 7) is 2.97. The van der Waals surface area contributed by atoms with Crippen molar-refractivity contribution in [3.63, 3.8) is 0 Å². The van der Waals surface area contributed by atoms with Crippen molar-refractivity contribution in [1.82, 2.24) is 4.57 Å². The molecule has 6 nitrogen and oxygen atoms in total. The molecule has 0 unspecified atom stereocenters. The summed E-state index contributed by atoms with van der Waals surface area (Å²) in [7, 11) is 1.41. The van der Waals surface area contributed by atoms with Crippen LogP contribution in [0.15, 0.2) is 60.8 Å². The monoisotopic (exact) mass is 421 g/mol. The van der Waals surface area contributed by atoms with Crippen molar-refractivity contribution in [3.05, 3.63) is 77.7 Å². The summed E-state index contributed by atoms with van der Waals surface area (Å²) in [5.41, 5.74) is 4.33. The number of aromatic nitrogens is 2. The summed E-state index contributed by atoms with van der Waals surface area (Å²) in [5, 5.41) is 7.42. The molecule has 2 aromatic carbocycles. The molecule has 3 aromatic rings. The van der Waals surface area contributed by atoms with Crippen molar-refractivity contribution in [2.75, 3.05) is 7.11 Å². The smallest absolute Gasteiger partial charge is 0.337 e. The van der Waals surface area contributed by atoms with Crippen LogP contribution in [0.5, 0.6) is 0 Å². The lowest BCUT2D eigenvalue weighted by atomic mass is 10.1. The molecule has 6 heteroatoms. The molecule has 0 atom stereocenters. The Morgan fingerprint density at radius 2 is 1.71 bits per heavy atom. The van der Waals surface area contributed by atoms with Crippen LogP contribution in [0.4, 0.5) is 0 Å². The van der Waals surface area contributed by atoms with Crippen LogP contribution in [0.3, 0.4) is 0 Å². The first-order valence-corrected chi connectivity index (χ1v) is 10.5. The van der Waals surface area contributed by atoms with E-state index in [0.29, 0.717) is 5.56 Å². The quantitative estimate of drug-likeness (QED) is 0.509. The van der Waals surface area contributed by atoms with Crippen LogP contribution in [-0.4, -0.2) is 28.7 Å². The zero-order chi connectivity index (χ0) is 22.2. The van der Waals surface area contributed by atoms with Crippen LogP contribution >= 0.6 is 0 Å². The minimum absolute atomic E-state index is 0.293. The number of hydrogen-bond donors (Lipinski definition) is 1. The fourth-order valence-corrected chi connectivity index (χ4v) is 3.88. The van der Waals surface area contributed by atoms with Crippen LogP contribution in [-0.2, 0) is 29.0 Å². The van der Waals surface area contributed by atoms with Crippen LogP contribution in [0.1, 0.15) is 47.9 Å². The second-order valence-electron chi connectivity index (χ2n) is 7.59. The van der Waals surface area contributed by atoms with Crippen molar-refractivity contribution >= 4 is 11.9 Å². The highest BCUT2D eigenvalue weighted by Crippen LogP contribution is 2.24. The van der Waals surface area contributed by atoms with Crippen LogP contribution in [0.2, 0.25) is 0 Å². The number of carboxylic acids is 1. The highest BCUT2D eigenvalue weighted by Gasteiger charge is 2.25. The van der Waals surface area contributed by atoms with Gasteiger partial charge in [-0.2, -0.15) is 0 Å². The lowest BCUT2D eigenvalue weighted by Gasteiger charge is -2.04. The van der Waals surface area contributed by atoms with Gasteiger partial charge in [-0.3, -0.25) is 4.79 Å². The van der Waals surface area contributed by atoms with E-state index in [2.05, 4.69) is 45.7 Å². The normalized spacial score (nSPS) is 12.7. The van der Waals surface area contributed by atoms with Crippen molar-refractivity contribution in [3.8, 4) is 11.3 Å². The maximum Gasteiger partial charge on any atom is 0.337 e. The number of carbonyl (C=O) groups excluding carboxylic acids is 1. The number of aliphatic carboxylic acids is 1. The third-order valence-electron chi connectivity index (χ3n) is 5.29. The molecule has 2 heterocycles. The molecule has 0 spiro atoms. The summed E-state index contributed by atoms with van der Waals surface area (Å²) in [5.74, 6) is 0.265. The first kappa shape index (κ1) is 22.3. The van der Waals surface area contributed by atoms with Crippen molar-refractivity contribution in [1.29, 1.82) is 0 Å². The fraction of sp³-hybridized carbons (Fsp3) is 0.320. The maximum atomic E-state index is 11.6. The summed E-state index contributed by atoms with van der Waals surface area (Å²) in [6.07, 6.45) is 7.13. The Hall–Kier alpha value is -3.41. The number of ether oxygens (including phenoxy) is 1. The van der Waals surface area contributed by atoms with Gasteiger partial charge >= 0.3 is 5.97 Å². The Balaban J connectivity index is 0.000000628. The topological polar surface area (TPSA) is 72.4 Å². The van der Waals surface area contributed by atoms with E-state index in [1.165, 1.54) is 49.0 Å². The predicted octanol–water partition coefficient (Wildman–Crippen LogP) is 4.09. The summed E-state index contributed by atoms with van der Waals surface area (Å²) < 4.78 is 9.65. The Labute approximate surface area is 182 Å². The predicted molar refractivity (Wildman–Crippen MR) is 118 cm³/mol. The largest absolute Gasteiger partial charge is 0.481 e. The Bertz CT molecular complexity index is 1020. The molecular weight excluding hydrogens is 392 g/mol. The zero-order valence-corrected chi connectivity index (χ0v) is 18.1. The highest BCUT2D eigenvalue weighted by atomic mass is 16.5. The number of rotatable bonds is 4. The molecule has 0 bridgehead atoms. The average molecular weight is 422 g/mol. The molecular formula is C25H29N2O4+. The number of carbonyl (C=O) groups is 2. The summed E-state index contributed by atoms with van der Waals surface area (Å²) >= 11 is 0. The van der Waals surface area contributed by atoms with E-state index in [4.69, 9.17) is 14.6 Å². The number of carboxylic acid groups (broad SMARTS) is 1. The number of imidazole rings is 1. The Kier molecular flexibility index (Phi) is 7.60. The molecule has 162 valence electrons. The van der Waals surface area contributed by atoms with Gasteiger partial charge in [-0.1, -0.05) is 42.5 Å². The molecule has 1 aliphatic rings. The van der Waals surface area contributed by atoms with E-state index in [9.17, 15) is 4.79 Å². The van der Waals surface area contributed by atoms with Crippen molar-refractivity contribution in [2.24, 2.45) is 0 Å². The number of hydrogen-bond acceptors (Lipinski definition) is 3. The lowest BCUT2D eigenvalue weighted by molar-refractivity contribution is -0.695. The maximum absolute atomic E-state index is 11.6. The van der Waals surface area contributed by atoms with E-state index < -0.39 is 5.97 Å². The standard InChI is InChI=1S/C23H25N2O2.C2H4O2/c1-27-23(26)20-13-11-18(12-14-20)16-24-17-21(19-8-4-2-5-9-19)25-15-7-3-6-10-22(24)25;1-2(3)4/h2,4-5,8-9,11-14,17H,3,6-7,10,15-16H2,1H3;1H3,(H,3,4)/q+1;. The number of methoxy groups -OCH3 is 1. The van der Waals surface area contributed by atoms with Gasteiger partial charge in [0, 0.05) is 18.9 Å². The van der Waals surface area contributed by atoms with Gasteiger partial charge in [-0.25, -0.2) is 13.9 Å². The number of benzene rings is 2. The Morgan fingerprint density at radius 3 is 2.35 bits per heavy atom. The zero-order valence-electron chi connectivity index (χ0n) is 18.1. The molecule has 1 aliphatic heterocycles. The molecule has 31 heavy (non-hydrogen) atoms. The van der Waals surface area contributed by atoms with Gasteiger partial charge in [0.2, 0.25) is 0 Å². The minimum atomic E-state index is -0.833. The van der Waals surface area contributed by atoms with Gasteiger partial charge in [0.05, 0.1) is 19.2 Å². The van der Waals surface area contributed by atoms with Gasteiger partial charge in [0.25, 0.3) is 11.8 Å². The SMILES string of the molecule is CC(=O)O.COC(=O)c1ccc(C[n+]2cc(-c3ccccc3)n3c2CCCCC3)cc1. The molecule has 0 aliphatic carbocycles. The Morgan fingerprint density at radius 1 is 1.03 bits per heavy atom. The van der Waals surface area contributed by atoms with E-state index >= 15 is 0 Å². The second kappa shape index (κ2) is 10.6. The van der Waals surface area contributed by atoms with Crippen LogP contribution in [0, 0.1) is 0 Å². The fourth-order valence-electron chi connectivity index (χ4n) is 3.88. The molecule has 0 amide bonds. The van der Waals surface area contributed by atoms with Gasteiger partial charge < -0.3 is 9.84 Å². The summed E-state index contributed by atoms with van der Waals surface area (Å²) in [4.78, 5) is 20.6. The van der Waals surface area contributed by atoms with Gasteiger partial charge in [0.1, 0.15) is 12.7 Å². The average Bonchev–Trinajstić information content (AvgIpc) is 2.94.